The molecule has 0 unspecified atom stereocenters. The average molecular weight is 232 g/mol. The van der Waals surface area contributed by atoms with E-state index >= 15 is 0 Å². The molecule has 0 aliphatic carbocycles. The second kappa shape index (κ2) is 4.76. The molecule has 1 aliphatic heterocycles. The van der Waals surface area contributed by atoms with Crippen molar-refractivity contribution < 1.29 is 13.2 Å². The van der Waals surface area contributed by atoms with Crippen LogP contribution in [-0.4, -0.2) is 38.4 Å². The molecule has 1 rings (SSSR count). The molecule has 0 aromatic heterocycles. The maximum atomic E-state index is 11.2. The van der Waals surface area contributed by atoms with Crippen molar-refractivity contribution in [2.75, 3.05) is 13.1 Å². The molecule has 1 saturated heterocycles. The molecule has 0 bridgehead atoms. The Kier molecular flexibility index (Phi) is 3.87. The number of rotatable bonds is 3. The quantitative estimate of drug-likeness (QED) is 0.748. The van der Waals surface area contributed by atoms with Crippen molar-refractivity contribution in [1.29, 1.82) is 0 Å². The summed E-state index contributed by atoms with van der Waals surface area (Å²) >= 11 is 0. The van der Waals surface area contributed by atoms with Crippen LogP contribution in [0.4, 0.5) is 0 Å². The highest BCUT2D eigenvalue weighted by Gasteiger charge is 2.22. The fourth-order valence-corrected chi connectivity index (χ4v) is 2.39. The molecule has 0 aromatic carbocycles. The van der Waals surface area contributed by atoms with Crippen molar-refractivity contribution in [3.8, 4) is 0 Å². The average Bonchev–Trinajstić information content (AvgIpc) is 2.18. The number of piperidine rings is 1. The Balaban J connectivity index is 2.45. The normalized spacial score (nSPS) is 18.9. The minimum absolute atomic E-state index is 0.0417. The summed E-state index contributed by atoms with van der Waals surface area (Å²) in [5, 5.41) is 0.907. The van der Waals surface area contributed by atoms with Gasteiger partial charge in [-0.3, -0.25) is 4.79 Å². The largest absolute Gasteiger partial charge is 0.343 e. The Bertz CT molecular complexity index is 342. The van der Waals surface area contributed by atoms with Crippen LogP contribution >= 0.6 is 0 Å². The van der Waals surface area contributed by atoms with Crippen LogP contribution in [0.25, 0.3) is 0 Å². The standard InChI is InChI=1S/C9H16N2O3S/c1-3-15(13,14)10-9-4-6-11(7-5-9)8(2)12/h3,9-10H,1,4-7H2,2H3. The van der Waals surface area contributed by atoms with Crippen molar-refractivity contribution in [1.82, 2.24) is 9.62 Å². The molecular weight excluding hydrogens is 216 g/mol. The van der Waals surface area contributed by atoms with E-state index in [0.29, 0.717) is 25.9 Å². The van der Waals surface area contributed by atoms with E-state index in [2.05, 4.69) is 11.3 Å². The molecule has 0 saturated carbocycles. The van der Waals surface area contributed by atoms with Crippen LogP contribution in [-0.2, 0) is 14.8 Å². The molecular formula is C9H16N2O3S. The summed E-state index contributed by atoms with van der Waals surface area (Å²) in [6.45, 7) is 5.97. The first-order valence-corrected chi connectivity index (χ1v) is 6.39. The smallest absolute Gasteiger partial charge is 0.233 e. The van der Waals surface area contributed by atoms with E-state index in [9.17, 15) is 13.2 Å². The van der Waals surface area contributed by atoms with Gasteiger partial charge in [0.2, 0.25) is 15.9 Å². The summed E-state index contributed by atoms with van der Waals surface area (Å²) < 4.78 is 24.9. The van der Waals surface area contributed by atoms with E-state index in [1.807, 2.05) is 0 Å². The third kappa shape index (κ3) is 3.64. The third-order valence-corrected chi connectivity index (χ3v) is 3.59. The lowest BCUT2D eigenvalue weighted by atomic mass is 10.1. The zero-order chi connectivity index (χ0) is 11.5. The summed E-state index contributed by atoms with van der Waals surface area (Å²) in [7, 11) is -3.35. The number of nitrogens with one attached hydrogen (secondary N) is 1. The van der Waals surface area contributed by atoms with Gasteiger partial charge in [0.05, 0.1) is 0 Å². The molecule has 86 valence electrons. The van der Waals surface area contributed by atoms with Crippen molar-refractivity contribution in [3.63, 3.8) is 0 Å². The first-order valence-electron chi connectivity index (χ1n) is 4.85. The summed E-state index contributed by atoms with van der Waals surface area (Å²) in [6.07, 6.45) is 1.32. The van der Waals surface area contributed by atoms with E-state index in [-0.39, 0.29) is 11.9 Å². The number of nitrogens with zero attached hydrogens (tertiary/aromatic N) is 1. The zero-order valence-corrected chi connectivity index (χ0v) is 9.59. The van der Waals surface area contributed by atoms with Crippen molar-refractivity contribution >= 4 is 15.9 Å². The van der Waals surface area contributed by atoms with E-state index in [1.165, 1.54) is 6.92 Å². The molecule has 0 atom stereocenters. The van der Waals surface area contributed by atoms with Crippen LogP contribution in [0.5, 0.6) is 0 Å². The minimum Gasteiger partial charge on any atom is -0.343 e. The molecule has 1 N–H and O–H groups in total. The third-order valence-electron chi connectivity index (χ3n) is 2.49. The molecule has 0 spiro atoms. The first kappa shape index (κ1) is 12.2. The minimum atomic E-state index is -3.35. The van der Waals surface area contributed by atoms with Gasteiger partial charge in [-0.05, 0) is 12.8 Å². The zero-order valence-electron chi connectivity index (χ0n) is 8.77. The van der Waals surface area contributed by atoms with E-state index in [1.54, 1.807) is 4.90 Å². The van der Waals surface area contributed by atoms with Gasteiger partial charge in [-0.1, -0.05) is 6.58 Å². The predicted molar refractivity (Wildman–Crippen MR) is 57.5 cm³/mol. The molecule has 5 nitrogen and oxygen atoms in total. The van der Waals surface area contributed by atoms with Gasteiger partial charge >= 0.3 is 0 Å². The van der Waals surface area contributed by atoms with Gasteiger partial charge in [0, 0.05) is 31.5 Å². The second-order valence-electron chi connectivity index (χ2n) is 3.61. The summed E-state index contributed by atoms with van der Waals surface area (Å²) in [6, 6.07) is -0.0800. The maximum absolute atomic E-state index is 11.2. The van der Waals surface area contributed by atoms with Crippen molar-refractivity contribution in [3.05, 3.63) is 12.0 Å². The monoisotopic (exact) mass is 232 g/mol. The van der Waals surface area contributed by atoms with E-state index < -0.39 is 10.0 Å². The van der Waals surface area contributed by atoms with Gasteiger partial charge in [0.1, 0.15) is 0 Å². The fraction of sp³-hybridized carbons (Fsp3) is 0.667. The van der Waals surface area contributed by atoms with Crippen LogP contribution in [0.1, 0.15) is 19.8 Å². The summed E-state index contributed by atoms with van der Waals surface area (Å²) in [5.74, 6) is 0.0417. The van der Waals surface area contributed by atoms with Crippen molar-refractivity contribution in [2.45, 2.75) is 25.8 Å². The number of carbonyl (C=O) groups excluding carboxylic acids is 1. The Morgan fingerprint density at radius 2 is 2.00 bits per heavy atom. The highest BCUT2D eigenvalue weighted by molar-refractivity contribution is 7.92. The van der Waals surface area contributed by atoms with Crippen LogP contribution in [0, 0.1) is 0 Å². The molecule has 1 amide bonds. The number of amides is 1. The predicted octanol–water partition coefficient (Wildman–Crippen LogP) is 0.0602. The Hall–Kier alpha value is -0.880. The molecule has 15 heavy (non-hydrogen) atoms. The molecule has 1 fully saturated rings. The van der Waals surface area contributed by atoms with Gasteiger partial charge in [-0.25, -0.2) is 13.1 Å². The molecule has 0 aromatic rings. The van der Waals surface area contributed by atoms with Gasteiger partial charge in [-0.2, -0.15) is 0 Å². The maximum Gasteiger partial charge on any atom is 0.233 e. The number of hydrogen-bond acceptors (Lipinski definition) is 3. The summed E-state index contributed by atoms with van der Waals surface area (Å²) in [5.41, 5.74) is 0. The lowest BCUT2D eigenvalue weighted by Gasteiger charge is -2.31. The molecule has 0 radical (unpaired) electrons. The number of hydrogen-bond donors (Lipinski definition) is 1. The summed E-state index contributed by atoms with van der Waals surface area (Å²) in [4.78, 5) is 12.7. The van der Waals surface area contributed by atoms with E-state index in [0.717, 1.165) is 5.41 Å². The second-order valence-corrected chi connectivity index (χ2v) is 5.27. The van der Waals surface area contributed by atoms with Gasteiger partial charge in [0.25, 0.3) is 0 Å². The van der Waals surface area contributed by atoms with Gasteiger partial charge < -0.3 is 4.90 Å². The van der Waals surface area contributed by atoms with Gasteiger partial charge in [-0.15, -0.1) is 0 Å². The molecule has 1 aliphatic rings. The fourth-order valence-electron chi connectivity index (χ4n) is 1.59. The highest BCUT2D eigenvalue weighted by atomic mass is 32.2. The van der Waals surface area contributed by atoms with Crippen LogP contribution < -0.4 is 4.72 Å². The van der Waals surface area contributed by atoms with Crippen LogP contribution in [0.15, 0.2) is 12.0 Å². The lowest BCUT2D eigenvalue weighted by Crippen LogP contribution is -2.45. The van der Waals surface area contributed by atoms with Crippen molar-refractivity contribution in [2.24, 2.45) is 0 Å². The SMILES string of the molecule is C=CS(=O)(=O)NC1CCN(C(C)=O)CC1. The van der Waals surface area contributed by atoms with E-state index in [4.69, 9.17) is 0 Å². The Morgan fingerprint density at radius 3 is 2.40 bits per heavy atom. The molecule has 6 heteroatoms. The number of likely N-dealkylation sites (tertiary alicyclic amines) is 1. The Morgan fingerprint density at radius 1 is 1.47 bits per heavy atom. The topological polar surface area (TPSA) is 66.5 Å². The first-order chi connectivity index (χ1) is 6.94. The number of sulfonamides is 1. The number of carbonyl (C=O) groups is 1. The van der Waals surface area contributed by atoms with Gasteiger partial charge in [0.15, 0.2) is 0 Å². The Labute approximate surface area is 90.2 Å². The molecule has 1 heterocycles. The van der Waals surface area contributed by atoms with Crippen LogP contribution in [0.2, 0.25) is 0 Å². The highest BCUT2D eigenvalue weighted by Crippen LogP contribution is 2.11. The lowest BCUT2D eigenvalue weighted by molar-refractivity contribution is -0.129. The van der Waals surface area contributed by atoms with Crippen LogP contribution in [0.3, 0.4) is 0 Å².